The molecule has 1 aliphatic heterocycles. The number of thioether (sulfide) groups is 1. The number of halogens is 1. The summed E-state index contributed by atoms with van der Waals surface area (Å²) in [5, 5.41) is 10.9. The lowest BCUT2D eigenvalue weighted by atomic mass is 10.0. The minimum atomic E-state index is -1.19. The second-order valence-electron chi connectivity index (χ2n) is 4.59. The minimum absolute atomic E-state index is 0.215. The van der Waals surface area contributed by atoms with Crippen LogP contribution in [-0.4, -0.2) is 40.1 Å². The fourth-order valence-electron chi connectivity index (χ4n) is 2.03. The first-order chi connectivity index (χ1) is 8.53. The summed E-state index contributed by atoms with van der Waals surface area (Å²) in [6.07, 6.45) is 0.531. The first-order valence-electron chi connectivity index (χ1n) is 5.82. The van der Waals surface area contributed by atoms with E-state index in [1.807, 2.05) is 18.2 Å². The van der Waals surface area contributed by atoms with Crippen molar-refractivity contribution in [3.05, 3.63) is 34.9 Å². The van der Waals surface area contributed by atoms with Crippen LogP contribution in [0.15, 0.2) is 24.3 Å². The van der Waals surface area contributed by atoms with E-state index in [1.54, 1.807) is 29.8 Å². The molecule has 1 saturated heterocycles. The molecule has 0 spiro atoms. The fourth-order valence-corrected chi connectivity index (χ4v) is 3.46. The Morgan fingerprint density at radius 2 is 2.28 bits per heavy atom. The van der Waals surface area contributed by atoms with Crippen molar-refractivity contribution in [1.29, 1.82) is 0 Å². The number of likely N-dealkylation sites (N-methyl/N-ethyl adjacent to an activating group) is 1. The van der Waals surface area contributed by atoms with Crippen molar-refractivity contribution in [1.82, 2.24) is 4.90 Å². The third kappa shape index (κ3) is 2.82. The van der Waals surface area contributed by atoms with E-state index in [-0.39, 0.29) is 5.91 Å². The van der Waals surface area contributed by atoms with Crippen molar-refractivity contribution < 1.29 is 9.90 Å². The highest BCUT2D eigenvalue weighted by Crippen LogP contribution is 2.30. The molecule has 1 aromatic rings. The molecular formula is C13H16ClNO2S. The van der Waals surface area contributed by atoms with Gasteiger partial charge in [0.2, 0.25) is 0 Å². The summed E-state index contributed by atoms with van der Waals surface area (Å²) in [5.74, 6) is 1.10. The van der Waals surface area contributed by atoms with E-state index in [2.05, 4.69) is 0 Å². The van der Waals surface area contributed by atoms with Gasteiger partial charge in [-0.1, -0.05) is 29.8 Å². The highest BCUT2D eigenvalue weighted by Gasteiger charge is 2.41. The van der Waals surface area contributed by atoms with Crippen LogP contribution in [0.4, 0.5) is 0 Å². The molecule has 1 unspecified atom stereocenters. The molecule has 2 rings (SSSR count). The van der Waals surface area contributed by atoms with Gasteiger partial charge >= 0.3 is 0 Å². The topological polar surface area (TPSA) is 40.5 Å². The lowest BCUT2D eigenvalue weighted by molar-refractivity contribution is -0.147. The molecule has 1 N–H and O–H groups in total. The maximum absolute atomic E-state index is 12.2. The maximum Gasteiger partial charge on any atom is 0.255 e. The number of carbonyl (C=O) groups excluding carboxylic acids is 1. The molecule has 1 fully saturated rings. The normalized spacial score (nSPS) is 23.1. The Labute approximate surface area is 116 Å². The summed E-state index contributed by atoms with van der Waals surface area (Å²) in [4.78, 5) is 13.8. The number of rotatable bonds is 3. The van der Waals surface area contributed by atoms with Crippen LogP contribution in [0, 0.1) is 0 Å². The van der Waals surface area contributed by atoms with Gasteiger partial charge in [0.25, 0.3) is 5.91 Å². The molecule has 0 saturated carbocycles. The second kappa shape index (κ2) is 5.51. The largest absolute Gasteiger partial charge is 0.379 e. The van der Waals surface area contributed by atoms with Crippen LogP contribution in [0.3, 0.4) is 0 Å². The Morgan fingerprint density at radius 1 is 1.56 bits per heavy atom. The summed E-state index contributed by atoms with van der Waals surface area (Å²) >= 11 is 7.68. The van der Waals surface area contributed by atoms with Crippen LogP contribution >= 0.6 is 23.4 Å². The molecule has 0 bridgehead atoms. The molecule has 0 radical (unpaired) electrons. The van der Waals surface area contributed by atoms with E-state index in [0.717, 1.165) is 11.3 Å². The average Bonchev–Trinajstić information content (AvgIpc) is 2.79. The van der Waals surface area contributed by atoms with E-state index >= 15 is 0 Å². The van der Waals surface area contributed by atoms with Gasteiger partial charge in [-0.05, 0) is 23.8 Å². The number of nitrogens with zero attached hydrogens (tertiary/aromatic N) is 1. The van der Waals surface area contributed by atoms with Gasteiger partial charge in [0.05, 0.1) is 0 Å². The summed E-state index contributed by atoms with van der Waals surface area (Å²) in [6, 6.07) is 7.43. The fraction of sp³-hybridized carbons (Fsp3) is 0.462. The Bertz CT molecular complexity index is 446. The molecule has 0 aliphatic carbocycles. The lowest BCUT2D eigenvalue weighted by Gasteiger charge is -2.27. The maximum atomic E-state index is 12.2. The minimum Gasteiger partial charge on any atom is -0.379 e. The molecule has 1 heterocycles. The monoisotopic (exact) mass is 285 g/mol. The molecule has 3 nitrogen and oxygen atoms in total. The van der Waals surface area contributed by atoms with Crippen molar-refractivity contribution in [2.75, 3.05) is 18.6 Å². The molecule has 0 aromatic heterocycles. The molecule has 18 heavy (non-hydrogen) atoms. The quantitative estimate of drug-likeness (QED) is 0.925. The SMILES string of the molecule is CN(Cc1ccccc1Cl)C(=O)C1(O)CCSC1. The zero-order valence-corrected chi connectivity index (χ0v) is 11.8. The van der Waals surface area contributed by atoms with E-state index in [0.29, 0.717) is 23.7 Å². The Kier molecular flexibility index (Phi) is 4.20. The number of carbonyl (C=O) groups is 1. The van der Waals surface area contributed by atoms with E-state index in [4.69, 9.17) is 11.6 Å². The van der Waals surface area contributed by atoms with Gasteiger partial charge in [-0.2, -0.15) is 11.8 Å². The van der Waals surface area contributed by atoms with Crippen LogP contribution in [0.2, 0.25) is 5.02 Å². The Balaban J connectivity index is 2.06. The number of benzene rings is 1. The smallest absolute Gasteiger partial charge is 0.255 e. The first-order valence-corrected chi connectivity index (χ1v) is 7.35. The molecule has 5 heteroatoms. The van der Waals surface area contributed by atoms with Gasteiger partial charge in [-0.25, -0.2) is 0 Å². The van der Waals surface area contributed by atoms with Gasteiger partial charge in [0, 0.05) is 24.4 Å². The van der Waals surface area contributed by atoms with Crippen molar-refractivity contribution in [2.24, 2.45) is 0 Å². The zero-order chi connectivity index (χ0) is 13.2. The van der Waals surface area contributed by atoms with E-state index in [1.165, 1.54) is 0 Å². The molecule has 1 atom stereocenters. The summed E-state index contributed by atoms with van der Waals surface area (Å²) in [5.41, 5.74) is -0.301. The summed E-state index contributed by atoms with van der Waals surface area (Å²) < 4.78 is 0. The van der Waals surface area contributed by atoms with Crippen molar-refractivity contribution in [2.45, 2.75) is 18.6 Å². The third-order valence-electron chi connectivity index (χ3n) is 3.11. The van der Waals surface area contributed by atoms with Crippen LogP contribution in [0.5, 0.6) is 0 Å². The summed E-state index contributed by atoms with van der Waals surface area (Å²) in [6.45, 7) is 0.422. The van der Waals surface area contributed by atoms with Crippen LogP contribution in [0.1, 0.15) is 12.0 Å². The van der Waals surface area contributed by atoms with Crippen LogP contribution in [-0.2, 0) is 11.3 Å². The predicted octanol–water partition coefficient (Wildman–Crippen LogP) is 2.17. The highest BCUT2D eigenvalue weighted by atomic mass is 35.5. The van der Waals surface area contributed by atoms with Crippen molar-refractivity contribution in [3.63, 3.8) is 0 Å². The number of hydrogen-bond acceptors (Lipinski definition) is 3. The van der Waals surface area contributed by atoms with E-state index in [9.17, 15) is 9.90 Å². The highest BCUT2D eigenvalue weighted by molar-refractivity contribution is 7.99. The van der Waals surface area contributed by atoms with Crippen molar-refractivity contribution >= 4 is 29.3 Å². The van der Waals surface area contributed by atoms with Gasteiger partial charge < -0.3 is 10.0 Å². The number of aliphatic hydroxyl groups is 1. The summed E-state index contributed by atoms with van der Waals surface area (Å²) in [7, 11) is 1.70. The number of hydrogen-bond donors (Lipinski definition) is 1. The second-order valence-corrected chi connectivity index (χ2v) is 6.10. The van der Waals surface area contributed by atoms with Crippen LogP contribution in [0.25, 0.3) is 0 Å². The van der Waals surface area contributed by atoms with Gasteiger partial charge in [-0.3, -0.25) is 4.79 Å². The molecule has 1 amide bonds. The first kappa shape index (κ1) is 13.7. The Morgan fingerprint density at radius 3 is 2.89 bits per heavy atom. The molecule has 98 valence electrons. The standard InChI is InChI=1S/C13H16ClNO2S/c1-15(8-10-4-2-3-5-11(10)14)12(16)13(17)6-7-18-9-13/h2-5,17H,6-9H2,1H3. The van der Waals surface area contributed by atoms with Crippen LogP contribution < -0.4 is 0 Å². The van der Waals surface area contributed by atoms with Crippen molar-refractivity contribution in [3.8, 4) is 0 Å². The molecule has 1 aromatic carbocycles. The average molecular weight is 286 g/mol. The van der Waals surface area contributed by atoms with Gasteiger partial charge in [-0.15, -0.1) is 0 Å². The van der Waals surface area contributed by atoms with Gasteiger partial charge in [0.1, 0.15) is 0 Å². The lowest BCUT2D eigenvalue weighted by Crippen LogP contribution is -2.47. The van der Waals surface area contributed by atoms with Gasteiger partial charge in [0.15, 0.2) is 5.60 Å². The third-order valence-corrected chi connectivity index (χ3v) is 4.65. The Hall–Kier alpha value is -0.710. The van der Waals surface area contributed by atoms with E-state index < -0.39 is 5.60 Å². The predicted molar refractivity (Wildman–Crippen MR) is 74.8 cm³/mol. The molecular weight excluding hydrogens is 270 g/mol. The zero-order valence-electron chi connectivity index (χ0n) is 10.2. The molecule has 1 aliphatic rings. The number of amides is 1.